The second-order valence-corrected chi connectivity index (χ2v) is 8.05. The summed E-state index contributed by atoms with van der Waals surface area (Å²) in [6.45, 7) is 5.06. The molecule has 0 saturated carbocycles. The number of fused-ring (bicyclic) bond motifs is 1. The predicted octanol–water partition coefficient (Wildman–Crippen LogP) is 4.42. The van der Waals surface area contributed by atoms with Crippen molar-refractivity contribution in [3.63, 3.8) is 0 Å². The van der Waals surface area contributed by atoms with Crippen LogP contribution in [0.1, 0.15) is 42.3 Å². The first-order chi connectivity index (χ1) is 13.2. The summed E-state index contributed by atoms with van der Waals surface area (Å²) in [5, 5.41) is 5.88. The number of anilines is 1. The van der Waals surface area contributed by atoms with E-state index in [9.17, 15) is 4.79 Å². The third kappa shape index (κ3) is 3.56. The van der Waals surface area contributed by atoms with Crippen LogP contribution in [0.2, 0.25) is 0 Å². The lowest BCUT2D eigenvalue weighted by atomic mass is 10.2. The molecule has 1 aromatic carbocycles. The summed E-state index contributed by atoms with van der Waals surface area (Å²) in [6.07, 6.45) is 6.19. The van der Waals surface area contributed by atoms with Crippen molar-refractivity contribution in [2.24, 2.45) is 0 Å². The van der Waals surface area contributed by atoms with Crippen LogP contribution >= 0.6 is 11.3 Å². The first-order valence-electron chi connectivity index (χ1n) is 9.53. The lowest BCUT2D eigenvalue weighted by Crippen LogP contribution is -2.26. The van der Waals surface area contributed by atoms with Crippen LogP contribution in [0.15, 0.2) is 28.9 Å². The summed E-state index contributed by atoms with van der Waals surface area (Å²) in [7, 11) is 1.84. The maximum atomic E-state index is 12.5. The minimum Gasteiger partial charge on any atom is -0.371 e. The molecule has 0 radical (unpaired) electrons. The molecule has 6 nitrogen and oxygen atoms in total. The highest BCUT2D eigenvalue weighted by Gasteiger charge is 2.20. The quantitative estimate of drug-likeness (QED) is 0.629. The second kappa shape index (κ2) is 7.68. The molecule has 1 saturated heterocycles. The van der Waals surface area contributed by atoms with E-state index in [1.54, 1.807) is 11.1 Å². The molecule has 1 aliphatic rings. The van der Waals surface area contributed by atoms with Crippen LogP contribution in [0.3, 0.4) is 0 Å². The number of carbonyl (C=O) groups is 1. The Morgan fingerprint density at radius 3 is 2.93 bits per heavy atom. The number of unbranched alkanes of at least 4 members (excludes halogenated alkanes) is 1. The number of aromatic nitrogens is 2. The number of rotatable bonds is 6. The summed E-state index contributed by atoms with van der Waals surface area (Å²) in [5.74, 6) is 0.0105. The first kappa shape index (κ1) is 18.0. The molecule has 2 aromatic heterocycles. The van der Waals surface area contributed by atoms with E-state index >= 15 is 0 Å². The largest absolute Gasteiger partial charge is 0.371 e. The number of carbonyl (C=O) groups excluding carboxylic acids is 1. The van der Waals surface area contributed by atoms with Crippen LogP contribution in [0.4, 0.5) is 5.69 Å². The van der Waals surface area contributed by atoms with Crippen molar-refractivity contribution in [1.29, 1.82) is 0 Å². The number of amides is 1. The molecule has 0 bridgehead atoms. The fourth-order valence-corrected chi connectivity index (χ4v) is 4.33. The number of hydrogen-bond donors (Lipinski definition) is 0. The summed E-state index contributed by atoms with van der Waals surface area (Å²) in [6, 6.07) is 6.22. The molecular weight excluding hydrogens is 360 g/mol. The number of hydrogen-bond acceptors (Lipinski definition) is 6. The van der Waals surface area contributed by atoms with Gasteiger partial charge in [-0.3, -0.25) is 4.79 Å². The highest BCUT2D eigenvalue weighted by atomic mass is 32.1. The monoisotopic (exact) mass is 384 g/mol. The van der Waals surface area contributed by atoms with Gasteiger partial charge in [0.2, 0.25) is 0 Å². The number of thiazole rings is 1. The van der Waals surface area contributed by atoms with Crippen molar-refractivity contribution in [3.8, 4) is 10.7 Å². The molecule has 27 heavy (non-hydrogen) atoms. The van der Waals surface area contributed by atoms with Gasteiger partial charge in [-0.25, -0.2) is 4.98 Å². The van der Waals surface area contributed by atoms with Crippen LogP contribution in [0.25, 0.3) is 21.7 Å². The normalized spacial score (nSPS) is 14.2. The van der Waals surface area contributed by atoms with Crippen LogP contribution in [-0.4, -0.2) is 47.6 Å². The van der Waals surface area contributed by atoms with Gasteiger partial charge < -0.3 is 14.3 Å². The zero-order chi connectivity index (χ0) is 18.8. The van der Waals surface area contributed by atoms with Crippen molar-refractivity contribution in [3.05, 3.63) is 29.3 Å². The van der Waals surface area contributed by atoms with Crippen LogP contribution in [0.5, 0.6) is 0 Å². The number of benzene rings is 1. The van der Waals surface area contributed by atoms with Crippen molar-refractivity contribution >= 4 is 33.9 Å². The Labute approximate surface area is 162 Å². The van der Waals surface area contributed by atoms with E-state index in [1.165, 1.54) is 29.9 Å². The Balaban J connectivity index is 1.58. The molecule has 4 rings (SSSR count). The average Bonchev–Trinajstić information content (AvgIpc) is 3.44. The maximum absolute atomic E-state index is 12.5. The second-order valence-electron chi connectivity index (χ2n) is 7.02. The molecule has 0 spiro atoms. The fourth-order valence-electron chi connectivity index (χ4n) is 3.42. The standard InChI is InChI=1S/C20H24N4O2S/c1-3-4-9-23(2)20(25)17-13-21-19(27-17)18-15-8-7-14(12-16(15)26-22-18)24-10-5-6-11-24/h7-8,12-13H,3-6,9-11H2,1-2H3. The third-order valence-electron chi connectivity index (χ3n) is 5.04. The Hall–Kier alpha value is -2.41. The minimum atomic E-state index is 0.0105. The van der Waals surface area contributed by atoms with Gasteiger partial charge in [-0.1, -0.05) is 18.5 Å². The Morgan fingerprint density at radius 1 is 1.33 bits per heavy atom. The van der Waals surface area contributed by atoms with Crippen molar-refractivity contribution < 1.29 is 9.32 Å². The summed E-state index contributed by atoms with van der Waals surface area (Å²) < 4.78 is 5.57. The molecule has 0 atom stereocenters. The van der Waals surface area contributed by atoms with Crippen LogP contribution < -0.4 is 4.90 Å². The average molecular weight is 385 g/mol. The number of nitrogens with zero attached hydrogens (tertiary/aromatic N) is 4. The first-order valence-corrected chi connectivity index (χ1v) is 10.3. The van der Waals surface area contributed by atoms with Crippen LogP contribution in [0, 0.1) is 0 Å². The fraction of sp³-hybridized carbons (Fsp3) is 0.450. The molecule has 3 heterocycles. The highest BCUT2D eigenvalue weighted by molar-refractivity contribution is 7.17. The molecule has 0 unspecified atom stereocenters. The lowest BCUT2D eigenvalue weighted by Gasteiger charge is -2.16. The SMILES string of the molecule is CCCCN(C)C(=O)c1cnc(-c2noc3cc(N4CCCC4)ccc23)s1. The van der Waals surface area contributed by atoms with E-state index < -0.39 is 0 Å². The van der Waals surface area contributed by atoms with Gasteiger partial charge in [-0.15, -0.1) is 11.3 Å². The smallest absolute Gasteiger partial charge is 0.265 e. The minimum absolute atomic E-state index is 0.0105. The molecule has 0 N–H and O–H groups in total. The van der Waals surface area contributed by atoms with Crippen molar-refractivity contribution in [1.82, 2.24) is 15.0 Å². The Bertz CT molecular complexity index is 943. The van der Waals surface area contributed by atoms with Gasteiger partial charge in [-0.05, 0) is 31.4 Å². The van der Waals surface area contributed by atoms with Gasteiger partial charge >= 0.3 is 0 Å². The predicted molar refractivity (Wildman–Crippen MR) is 108 cm³/mol. The van der Waals surface area contributed by atoms with Gasteiger partial charge in [-0.2, -0.15) is 0 Å². The summed E-state index contributed by atoms with van der Waals surface area (Å²) in [5.41, 5.74) is 2.64. The summed E-state index contributed by atoms with van der Waals surface area (Å²) >= 11 is 1.37. The van der Waals surface area contributed by atoms with E-state index in [0.29, 0.717) is 10.6 Å². The lowest BCUT2D eigenvalue weighted by molar-refractivity contribution is 0.0798. The highest BCUT2D eigenvalue weighted by Crippen LogP contribution is 2.33. The third-order valence-corrected chi connectivity index (χ3v) is 6.03. The van der Waals surface area contributed by atoms with Crippen molar-refractivity contribution in [2.45, 2.75) is 32.6 Å². The topological polar surface area (TPSA) is 62.5 Å². The molecular formula is C20H24N4O2S. The molecule has 1 aliphatic heterocycles. The molecule has 142 valence electrons. The van der Waals surface area contributed by atoms with E-state index in [1.807, 2.05) is 13.1 Å². The van der Waals surface area contributed by atoms with E-state index in [4.69, 9.17) is 4.52 Å². The van der Waals surface area contributed by atoms with E-state index in [0.717, 1.165) is 48.5 Å². The van der Waals surface area contributed by atoms with Gasteiger partial charge in [0.15, 0.2) is 5.58 Å². The van der Waals surface area contributed by atoms with Gasteiger partial charge in [0.05, 0.1) is 11.6 Å². The van der Waals surface area contributed by atoms with Gasteiger partial charge in [0, 0.05) is 38.4 Å². The van der Waals surface area contributed by atoms with E-state index in [2.05, 4.69) is 34.1 Å². The molecule has 1 amide bonds. The zero-order valence-electron chi connectivity index (χ0n) is 15.8. The molecule has 0 aliphatic carbocycles. The van der Waals surface area contributed by atoms with Gasteiger partial charge in [0.1, 0.15) is 15.6 Å². The molecule has 3 aromatic rings. The Morgan fingerprint density at radius 2 is 2.15 bits per heavy atom. The zero-order valence-corrected chi connectivity index (χ0v) is 16.6. The maximum Gasteiger partial charge on any atom is 0.265 e. The van der Waals surface area contributed by atoms with E-state index in [-0.39, 0.29) is 5.91 Å². The van der Waals surface area contributed by atoms with Gasteiger partial charge in [0.25, 0.3) is 5.91 Å². The summed E-state index contributed by atoms with van der Waals surface area (Å²) in [4.78, 5) is 21.7. The Kier molecular flexibility index (Phi) is 5.11. The van der Waals surface area contributed by atoms with Crippen molar-refractivity contribution in [2.75, 3.05) is 31.6 Å². The molecule has 7 heteroatoms. The van der Waals surface area contributed by atoms with Crippen LogP contribution in [-0.2, 0) is 0 Å². The molecule has 1 fully saturated rings.